The van der Waals surface area contributed by atoms with Crippen molar-refractivity contribution in [3.8, 4) is 0 Å². The van der Waals surface area contributed by atoms with Gasteiger partial charge < -0.3 is 14.2 Å². The fourth-order valence-electron chi connectivity index (χ4n) is 5.91. The van der Waals surface area contributed by atoms with E-state index in [1.807, 2.05) is 54.7 Å². The number of hydrogen-bond acceptors (Lipinski definition) is 6. The van der Waals surface area contributed by atoms with Crippen LogP contribution in [0.25, 0.3) is 0 Å². The molecule has 0 saturated heterocycles. The van der Waals surface area contributed by atoms with Crippen LogP contribution in [-0.4, -0.2) is 37.2 Å². The molecule has 0 aliphatic carbocycles. The van der Waals surface area contributed by atoms with E-state index in [1.54, 1.807) is 0 Å². The van der Waals surface area contributed by atoms with Crippen molar-refractivity contribution in [2.24, 2.45) is 0 Å². The molecule has 1 unspecified atom stereocenters. The Bertz CT molecular complexity index is 1400. The van der Waals surface area contributed by atoms with E-state index in [1.165, 1.54) is 44.9 Å². The number of carbonyl (C=O) groups excluding carboxylic acids is 3. The lowest BCUT2D eigenvalue weighted by Gasteiger charge is -2.18. The highest BCUT2D eigenvalue weighted by Gasteiger charge is 2.19. The molecule has 0 radical (unpaired) electrons. The van der Waals surface area contributed by atoms with Gasteiger partial charge in [-0.2, -0.15) is 0 Å². The second kappa shape index (κ2) is 49.2. The third-order valence-electron chi connectivity index (χ3n) is 9.50. The van der Waals surface area contributed by atoms with Gasteiger partial charge in [0.1, 0.15) is 13.2 Å². The summed E-state index contributed by atoms with van der Waals surface area (Å²) in [6.45, 7) is 6.21. The lowest BCUT2D eigenvalue weighted by Crippen LogP contribution is -2.30. The molecule has 0 fully saturated rings. The van der Waals surface area contributed by atoms with Gasteiger partial charge in [0.2, 0.25) is 0 Å². The van der Waals surface area contributed by atoms with Gasteiger partial charge in [-0.3, -0.25) is 14.4 Å². The largest absolute Gasteiger partial charge is 0.462 e. The lowest BCUT2D eigenvalue weighted by atomic mass is 10.1. The predicted octanol–water partition coefficient (Wildman–Crippen LogP) is 15.9. The average Bonchev–Trinajstić information content (AvgIpc) is 3.27. The number of rotatable bonds is 41. The Kier molecular flexibility index (Phi) is 45.7. The SMILES string of the molecule is CC\C=C/C=C\C=C/C=C\C=C/CCCC(=O)OCC(COC(=O)CCC/C=C\C/C=C\C/C=C\CCCCCCCC)OC(=O)CCCCCC/C=C\C/C=C\C/C=C\CC. The average molecular weight is 855 g/mol. The van der Waals surface area contributed by atoms with Crippen LogP contribution in [0, 0.1) is 0 Å². The van der Waals surface area contributed by atoms with Crippen molar-refractivity contribution in [3.05, 3.63) is 134 Å². The molecule has 0 aliphatic rings. The molecule has 346 valence electrons. The van der Waals surface area contributed by atoms with E-state index >= 15 is 0 Å². The maximum Gasteiger partial charge on any atom is 0.306 e. The normalized spacial score (nSPS) is 13.3. The molecule has 6 nitrogen and oxygen atoms in total. The molecule has 0 heterocycles. The molecular weight excluding hydrogens is 769 g/mol. The highest BCUT2D eigenvalue weighted by atomic mass is 16.6. The summed E-state index contributed by atoms with van der Waals surface area (Å²) in [4.78, 5) is 37.8. The molecule has 0 bridgehead atoms. The van der Waals surface area contributed by atoms with E-state index in [0.29, 0.717) is 12.8 Å². The van der Waals surface area contributed by atoms with Crippen LogP contribution in [0.5, 0.6) is 0 Å². The van der Waals surface area contributed by atoms with Crippen LogP contribution in [0.15, 0.2) is 134 Å². The van der Waals surface area contributed by atoms with Gasteiger partial charge in [0, 0.05) is 19.3 Å². The molecule has 0 spiro atoms. The van der Waals surface area contributed by atoms with E-state index < -0.39 is 6.10 Å². The fraction of sp³-hybridized carbons (Fsp3) is 0.554. The Morgan fingerprint density at radius 3 is 1.23 bits per heavy atom. The van der Waals surface area contributed by atoms with Crippen LogP contribution < -0.4 is 0 Å². The van der Waals surface area contributed by atoms with Crippen molar-refractivity contribution in [1.82, 2.24) is 0 Å². The Morgan fingerprint density at radius 1 is 0.355 bits per heavy atom. The first kappa shape index (κ1) is 57.5. The van der Waals surface area contributed by atoms with Gasteiger partial charge in [0.25, 0.3) is 0 Å². The van der Waals surface area contributed by atoms with Crippen LogP contribution in [0.3, 0.4) is 0 Å². The van der Waals surface area contributed by atoms with Gasteiger partial charge >= 0.3 is 17.9 Å². The maximum absolute atomic E-state index is 12.8. The summed E-state index contributed by atoms with van der Waals surface area (Å²) in [5, 5.41) is 0. The van der Waals surface area contributed by atoms with E-state index in [2.05, 4.69) is 99.8 Å². The maximum atomic E-state index is 12.8. The summed E-state index contributed by atoms with van der Waals surface area (Å²) < 4.78 is 16.6. The zero-order valence-electron chi connectivity index (χ0n) is 39.3. The smallest absolute Gasteiger partial charge is 0.306 e. The molecular formula is C56H86O6. The Hall–Kier alpha value is -4.45. The van der Waals surface area contributed by atoms with Gasteiger partial charge in [0.05, 0.1) is 0 Å². The van der Waals surface area contributed by atoms with Crippen molar-refractivity contribution in [2.75, 3.05) is 13.2 Å². The molecule has 0 aliphatic heterocycles. The third-order valence-corrected chi connectivity index (χ3v) is 9.50. The minimum absolute atomic E-state index is 0.141. The first-order valence-corrected chi connectivity index (χ1v) is 24.3. The summed E-state index contributed by atoms with van der Waals surface area (Å²) in [5.41, 5.74) is 0. The van der Waals surface area contributed by atoms with Crippen LogP contribution in [0.2, 0.25) is 0 Å². The van der Waals surface area contributed by atoms with Crippen molar-refractivity contribution in [3.63, 3.8) is 0 Å². The standard InChI is InChI=1S/C56H86O6/c1-4-7-10-13-16-19-22-25-27-28-29-32-34-37-40-43-46-49-55(58)61-52-53(51-60-54(57)48-45-42-39-36-33-30-24-21-18-15-12-9-6-3)62-56(59)50-47-44-41-38-35-31-26-23-20-17-14-11-8-5-2/h8-9,11-12,15,17-18,20-21,24-27,29-33,36-37,39-40,53H,4-7,10,13-14,16,19,22-23,28,34-35,38,41-52H2,1-3H3/b11-8-,12-9-,18-15-,20-17-,24-21-,27-25-,31-26-,32-29-,33-30-,39-36-,40-37-. The monoisotopic (exact) mass is 855 g/mol. The zero-order valence-corrected chi connectivity index (χ0v) is 39.3. The first-order chi connectivity index (χ1) is 30.5. The topological polar surface area (TPSA) is 78.9 Å². The van der Waals surface area contributed by atoms with Crippen LogP contribution in [0.4, 0.5) is 0 Å². The van der Waals surface area contributed by atoms with Crippen molar-refractivity contribution < 1.29 is 28.6 Å². The second-order valence-corrected chi connectivity index (χ2v) is 15.4. The Morgan fingerprint density at radius 2 is 0.726 bits per heavy atom. The predicted molar refractivity (Wildman–Crippen MR) is 265 cm³/mol. The van der Waals surface area contributed by atoms with Crippen LogP contribution in [-0.2, 0) is 28.6 Å². The van der Waals surface area contributed by atoms with Crippen molar-refractivity contribution in [1.29, 1.82) is 0 Å². The zero-order chi connectivity index (χ0) is 45.1. The van der Waals surface area contributed by atoms with Gasteiger partial charge in [-0.15, -0.1) is 0 Å². The number of esters is 3. The van der Waals surface area contributed by atoms with Gasteiger partial charge in [-0.05, 0) is 96.3 Å². The molecule has 62 heavy (non-hydrogen) atoms. The minimum atomic E-state index is -0.843. The molecule has 0 aromatic rings. The number of carbonyl (C=O) groups is 3. The molecule has 0 saturated carbocycles. The molecule has 6 heteroatoms. The number of unbranched alkanes of at least 4 members (excludes halogenated alkanes) is 12. The van der Waals surface area contributed by atoms with E-state index in [0.717, 1.165) is 83.5 Å². The minimum Gasteiger partial charge on any atom is -0.462 e. The fourth-order valence-corrected chi connectivity index (χ4v) is 5.91. The molecule has 1 atom stereocenters. The molecule has 0 aromatic heterocycles. The summed E-state index contributed by atoms with van der Waals surface area (Å²) >= 11 is 0. The number of ether oxygens (including phenoxy) is 3. The quantitative estimate of drug-likeness (QED) is 0.0200. The van der Waals surface area contributed by atoms with E-state index in [4.69, 9.17) is 14.2 Å². The lowest BCUT2D eigenvalue weighted by molar-refractivity contribution is -0.167. The van der Waals surface area contributed by atoms with E-state index in [-0.39, 0.29) is 50.4 Å². The van der Waals surface area contributed by atoms with Crippen molar-refractivity contribution in [2.45, 2.75) is 187 Å². The third kappa shape index (κ3) is 46.6. The van der Waals surface area contributed by atoms with Crippen LogP contribution in [0.1, 0.15) is 181 Å². The Labute approximate surface area is 379 Å². The molecule has 0 aromatic carbocycles. The van der Waals surface area contributed by atoms with E-state index in [9.17, 15) is 14.4 Å². The first-order valence-electron chi connectivity index (χ1n) is 24.3. The van der Waals surface area contributed by atoms with Crippen LogP contribution >= 0.6 is 0 Å². The summed E-state index contributed by atoms with van der Waals surface area (Å²) in [6, 6.07) is 0. The molecule has 0 amide bonds. The highest BCUT2D eigenvalue weighted by Crippen LogP contribution is 2.11. The summed E-state index contributed by atoms with van der Waals surface area (Å²) in [7, 11) is 0. The van der Waals surface area contributed by atoms with Gasteiger partial charge in [-0.25, -0.2) is 0 Å². The van der Waals surface area contributed by atoms with Crippen molar-refractivity contribution >= 4 is 17.9 Å². The summed E-state index contributed by atoms with van der Waals surface area (Å²) in [6.07, 6.45) is 68.8. The second-order valence-electron chi connectivity index (χ2n) is 15.4. The molecule has 0 rings (SSSR count). The summed E-state index contributed by atoms with van der Waals surface area (Å²) in [5.74, 6) is -1.10. The highest BCUT2D eigenvalue weighted by molar-refractivity contribution is 5.71. The Balaban J connectivity index is 4.62. The van der Waals surface area contributed by atoms with Gasteiger partial charge in [-0.1, -0.05) is 199 Å². The number of allylic oxidation sites excluding steroid dienone is 22. The molecule has 0 N–H and O–H groups in total. The van der Waals surface area contributed by atoms with Gasteiger partial charge in [0.15, 0.2) is 6.10 Å². The number of hydrogen-bond donors (Lipinski definition) is 0.